The molecule has 1 amide bonds. The summed E-state index contributed by atoms with van der Waals surface area (Å²) in [7, 11) is -3.12. The molecule has 3 heterocycles. The van der Waals surface area contributed by atoms with E-state index < -0.39 is 9.84 Å². The quantitative estimate of drug-likeness (QED) is 0.796. The molecule has 2 fully saturated rings. The molecule has 0 radical (unpaired) electrons. The normalized spacial score (nSPS) is 25.6. The zero-order valence-electron chi connectivity index (χ0n) is 14.7. The third-order valence-corrected chi connectivity index (χ3v) is 6.50. The van der Waals surface area contributed by atoms with Gasteiger partial charge in [0.2, 0.25) is 5.95 Å². The van der Waals surface area contributed by atoms with Crippen LogP contribution in [0.25, 0.3) is 0 Å². The maximum Gasteiger partial charge on any atom is 0.257 e. The van der Waals surface area contributed by atoms with Gasteiger partial charge in [-0.25, -0.2) is 18.4 Å². The van der Waals surface area contributed by atoms with Gasteiger partial charge in [0.15, 0.2) is 9.84 Å². The van der Waals surface area contributed by atoms with Gasteiger partial charge >= 0.3 is 0 Å². The average molecular weight is 367 g/mol. The lowest BCUT2D eigenvalue weighted by Crippen LogP contribution is -2.60. The molecule has 138 valence electrons. The van der Waals surface area contributed by atoms with Crippen molar-refractivity contribution in [1.29, 1.82) is 0 Å². The van der Waals surface area contributed by atoms with Crippen LogP contribution in [-0.4, -0.2) is 83.9 Å². The molecule has 1 N–H and O–H groups in total. The van der Waals surface area contributed by atoms with Crippen LogP contribution in [0, 0.1) is 0 Å². The van der Waals surface area contributed by atoms with E-state index in [9.17, 15) is 13.2 Å². The largest absolute Gasteiger partial charge is 0.355 e. The third kappa shape index (κ3) is 3.77. The van der Waals surface area contributed by atoms with Crippen molar-refractivity contribution in [2.45, 2.75) is 32.4 Å². The fraction of sp³-hybridized carbons (Fsp3) is 0.688. The summed E-state index contributed by atoms with van der Waals surface area (Å²) in [6.07, 6.45) is 3.98. The van der Waals surface area contributed by atoms with E-state index in [0.717, 1.165) is 13.0 Å². The lowest BCUT2D eigenvalue weighted by atomic mass is 10.0. The highest BCUT2D eigenvalue weighted by Crippen LogP contribution is 2.28. The van der Waals surface area contributed by atoms with Gasteiger partial charge in [0, 0.05) is 38.1 Å². The Bertz CT molecular complexity index is 722. The van der Waals surface area contributed by atoms with Crippen molar-refractivity contribution in [1.82, 2.24) is 19.8 Å². The molecule has 0 bridgehead atoms. The number of aromatic nitrogens is 2. The molecule has 8 nitrogen and oxygen atoms in total. The van der Waals surface area contributed by atoms with E-state index in [-0.39, 0.29) is 29.5 Å². The Morgan fingerprint density at radius 2 is 1.88 bits per heavy atom. The van der Waals surface area contributed by atoms with Gasteiger partial charge in [0.05, 0.1) is 23.1 Å². The maximum atomic E-state index is 12.9. The number of anilines is 1. The van der Waals surface area contributed by atoms with E-state index in [0.29, 0.717) is 31.1 Å². The third-order valence-electron chi connectivity index (χ3n) is 4.80. The summed E-state index contributed by atoms with van der Waals surface area (Å²) in [5.41, 5.74) is 0.397. The van der Waals surface area contributed by atoms with Crippen LogP contribution in [0.1, 0.15) is 30.6 Å². The molecule has 2 atom stereocenters. The summed E-state index contributed by atoms with van der Waals surface area (Å²) >= 11 is 0. The summed E-state index contributed by atoms with van der Waals surface area (Å²) in [5.74, 6) is 0.469. The molecule has 9 heteroatoms. The van der Waals surface area contributed by atoms with Crippen LogP contribution in [0.15, 0.2) is 12.4 Å². The summed E-state index contributed by atoms with van der Waals surface area (Å²) in [6.45, 7) is 6.82. The fourth-order valence-electron chi connectivity index (χ4n) is 3.70. The summed E-state index contributed by atoms with van der Waals surface area (Å²) in [4.78, 5) is 25.1. The van der Waals surface area contributed by atoms with Crippen LogP contribution in [0.2, 0.25) is 0 Å². The fourth-order valence-corrected chi connectivity index (χ4v) is 5.71. The van der Waals surface area contributed by atoms with Gasteiger partial charge in [-0.3, -0.25) is 9.69 Å². The molecule has 2 aliphatic rings. The summed E-state index contributed by atoms with van der Waals surface area (Å²) < 4.78 is 24.3. The second kappa shape index (κ2) is 7.25. The molecule has 1 aromatic rings. The zero-order chi connectivity index (χ0) is 18.0. The minimum absolute atomic E-state index is 0.0416. The molecule has 1 aromatic heterocycles. The minimum atomic E-state index is -3.12. The van der Waals surface area contributed by atoms with Gasteiger partial charge in [-0.05, 0) is 19.9 Å². The van der Waals surface area contributed by atoms with Gasteiger partial charge in [0.25, 0.3) is 5.91 Å². The molecule has 0 aliphatic carbocycles. The van der Waals surface area contributed by atoms with Gasteiger partial charge in [-0.1, -0.05) is 6.92 Å². The Balaban J connectivity index is 1.80. The molecule has 3 rings (SSSR count). The molecule has 0 saturated carbocycles. The smallest absolute Gasteiger partial charge is 0.257 e. The van der Waals surface area contributed by atoms with Gasteiger partial charge in [0.1, 0.15) is 0 Å². The highest BCUT2D eigenvalue weighted by Gasteiger charge is 2.47. The lowest BCUT2D eigenvalue weighted by molar-refractivity contribution is 0.0332. The molecule has 2 saturated heterocycles. The van der Waals surface area contributed by atoms with Crippen LogP contribution >= 0.6 is 0 Å². The van der Waals surface area contributed by atoms with Gasteiger partial charge < -0.3 is 10.2 Å². The van der Waals surface area contributed by atoms with Crippen LogP contribution in [0.4, 0.5) is 5.95 Å². The van der Waals surface area contributed by atoms with E-state index in [2.05, 4.69) is 27.1 Å². The maximum absolute atomic E-state index is 12.9. The van der Waals surface area contributed by atoms with Crippen LogP contribution in [0.3, 0.4) is 0 Å². The molecule has 2 unspecified atom stereocenters. The van der Waals surface area contributed by atoms with E-state index in [1.165, 1.54) is 12.4 Å². The Morgan fingerprint density at radius 3 is 2.52 bits per heavy atom. The monoisotopic (exact) mass is 367 g/mol. The minimum Gasteiger partial charge on any atom is -0.355 e. The molecule has 25 heavy (non-hydrogen) atoms. The SMILES string of the molecule is CCCN1CCN(C(=O)c2cnc(NCC)nc2)C2CS(=O)(=O)CC21. The number of piperazine rings is 1. The Morgan fingerprint density at radius 1 is 1.20 bits per heavy atom. The molecular weight excluding hydrogens is 342 g/mol. The number of nitrogens with zero attached hydrogens (tertiary/aromatic N) is 4. The highest BCUT2D eigenvalue weighted by molar-refractivity contribution is 7.91. The first-order chi connectivity index (χ1) is 11.9. The first kappa shape index (κ1) is 18.1. The van der Waals surface area contributed by atoms with Crippen molar-refractivity contribution in [3.05, 3.63) is 18.0 Å². The summed E-state index contributed by atoms with van der Waals surface area (Å²) in [6, 6.07) is -0.393. The van der Waals surface area contributed by atoms with Crippen molar-refractivity contribution in [2.24, 2.45) is 0 Å². The number of fused-ring (bicyclic) bond motifs is 1. The molecule has 2 aliphatic heterocycles. The first-order valence-electron chi connectivity index (χ1n) is 8.76. The van der Waals surface area contributed by atoms with Crippen molar-refractivity contribution < 1.29 is 13.2 Å². The van der Waals surface area contributed by atoms with Crippen LogP contribution in [-0.2, 0) is 9.84 Å². The predicted molar refractivity (Wildman–Crippen MR) is 95.3 cm³/mol. The van der Waals surface area contributed by atoms with Crippen LogP contribution in [0.5, 0.6) is 0 Å². The number of rotatable bonds is 5. The van der Waals surface area contributed by atoms with E-state index in [1.54, 1.807) is 4.90 Å². The zero-order valence-corrected chi connectivity index (χ0v) is 15.5. The number of amides is 1. The molecule has 0 aromatic carbocycles. The lowest BCUT2D eigenvalue weighted by Gasteiger charge is -2.43. The first-order valence-corrected chi connectivity index (χ1v) is 10.6. The highest BCUT2D eigenvalue weighted by atomic mass is 32.2. The summed E-state index contributed by atoms with van der Waals surface area (Å²) in [5, 5.41) is 2.99. The number of nitrogens with one attached hydrogen (secondary N) is 1. The number of carbonyl (C=O) groups excluding carboxylic acids is 1. The van der Waals surface area contributed by atoms with E-state index in [1.807, 2.05) is 6.92 Å². The average Bonchev–Trinajstić information content (AvgIpc) is 2.91. The van der Waals surface area contributed by atoms with Crippen LogP contribution < -0.4 is 5.32 Å². The Labute approximate surface area is 148 Å². The van der Waals surface area contributed by atoms with Crippen molar-refractivity contribution >= 4 is 21.7 Å². The van der Waals surface area contributed by atoms with Gasteiger partial charge in [-0.2, -0.15) is 0 Å². The molecule has 0 spiro atoms. The number of hydrogen-bond acceptors (Lipinski definition) is 7. The van der Waals surface area contributed by atoms with Crippen molar-refractivity contribution in [3.63, 3.8) is 0 Å². The predicted octanol–water partition coefficient (Wildman–Crippen LogP) is 0.242. The van der Waals surface area contributed by atoms with E-state index >= 15 is 0 Å². The molecular formula is C16H25N5O3S. The van der Waals surface area contributed by atoms with E-state index in [4.69, 9.17) is 0 Å². The number of hydrogen-bond donors (Lipinski definition) is 1. The number of sulfone groups is 1. The standard InChI is InChI=1S/C16H25N5O3S/c1-3-5-20-6-7-21(14-11-25(23,24)10-13(14)20)15(22)12-8-18-16(17-4-2)19-9-12/h8-9,13-14H,3-7,10-11H2,1-2H3,(H,17,18,19). The van der Waals surface area contributed by atoms with Gasteiger partial charge in [-0.15, -0.1) is 0 Å². The second-order valence-electron chi connectivity index (χ2n) is 6.57. The van der Waals surface area contributed by atoms with Crippen molar-refractivity contribution in [3.8, 4) is 0 Å². The Kier molecular flexibility index (Phi) is 5.24. The van der Waals surface area contributed by atoms with Crippen molar-refractivity contribution in [2.75, 3.05) is 43.0 Å². The Hall–Kier alpha value is -1.74. The number of carbonyl (C=O) groups is 1. The second-order valence-corrected chi connectivity index (χ2v) is 8.73. The topological polar surface area (TPSA) is 95.5 Å².